The van der Waals surface area contributed by atoms with Crippen LogP contribution in [0.5, 0.6) is 0 Å². The van der Waals surface area contributed by atoms with Gasteiger partial charge in [0.1, 0.15) is 5.70 Å². The molecule has 26 heavy (non-hydrogen) atoms. The van der Waals surface area contributed by atoms with E-state index in [1.54, 1.807) is 6.92 Å². The summed E-state index contributed by atoms with van der Waals surface area (Å²) in [5, 5.41) is 12.1. The first-order chi connectivity index (χ1) is 12.1. The molecule has 0 aliphatic carbocycles. The summed E-state index contributed by atoms with van der Waals surface area (Å²) in [4.78, 5) is 36.7. The maximum absolute atomic E-state index is 12.3. The number of carboxylic acid groups (broad SMARTS) is 1. The van der Waals surface area contributed by atoms with E-state index in [1.165, 1.54) is 18.7 Å². The highest BCUT2D eigenvalue weighted by molar-refractivity contribution is 8.03. The number of aliphatic carboxylic acids is 1. The van der Waals surface area contributed by atoms with Gasteiger partial charge in [0.15, 0.2) is 0 Å². The quantitative estimate of drug-likeness (QED) is 0.272. The molecule has 0 saturated carbocycles. The van der Waals surface area contributed by atoms with Crippen LogP contribution in [0.2, 0.25) is 0 Å². The van der Waals surface area contributed by atoms with Gasteiger partial charge in [-0.2, -0.15) is 8.42 Å². The Morgan fingerprint density at radius 1 is 1.46 bits per heavy atom. The molecule has 12 heteroatoms. The molecular weight excluding hydrogens is 388 g/mol. The van der Waals surface area contributed by atoms with Gasteiger partial charge in [0.05, 0.1) is 18.1 Å². The number of nitrogens with one attached hydrogen (secondary N) is 1. The first kappa shape index (κ1) is 20.7. The lowest BCUT2D eigenvalue weighted by atomic mass is 9.83. The summed E-state index contributed by atoms with van der Waals surface area (Å²) in [7, 11) is -4.71. The highest BCUT2D eigenvalue weighted by Crippen LogP contribution is 2.47. The summed E-state index contributed by atoms with van der Waals surface area (Å²) in [5.74, 6) is -2.33. The lowest BCUT2D eigenvalue weighted by Crippen LogP contribution is -2.62. The minimum absolute atomic E-state index is 0.111. The predicted octanol–water partition coefficient (Wildman–Crippen LogP) is -0.0194. The van der Waals surface area contributed by atoms with E-state index in [9.17, 15) is 27.9 Å². The van der Waals surface area contributed by atoms with Crippen LogP contribution >= 0.6 is 11.8 Å². The van der Waals surface area contributed by atoms with Crippen LogP contribution in [0, 0.1) is 5.92 Å². The van der Waals surface area contributed by atoms with E-state index in [0.29, 0.717) is 23.6 Å². The minimum Gasteiger partial charge on any atom is -0.477 e. The van der Waals surface area contributed by atoms with Crippen molar-refractivity contribution in [1.29, 1.82) is 0 Å². The van der Waals surface area contributed by atoms with Crippen molar-refractivity contribution in [3.8, 4) is 0 Å². The first-order valence-electron chi connectivity index (χ1n) is 7.91. The van der Waals surface area contributed by atoms with E-state index in [1.807, 2.05) is 0 Å². The molecule has 1 fully saturated rings. The number of rotatable bonds is 9. The molecule has 0 aromatic rings. The van der Waals surface area contributed by atoms with Crippen LogP contribution in [0.4, 0.5) is 0 Å². The van der Waals surface area contributed by atoms with Gasteiger partial charge in [0, 0.05) is 30.0 Å². The normalized spacial score (nSPS) is 23.5. The Labute approximate surface area is 154 Å². The number of carbonyl (C=O) groups is 3. The molecule has 1 saturated heterocycles. The Bertz CT molecular complexity index is 748. The molecule has 0 aromatic heterocycles. The number of hydrogen-bond donors (Lipinski definition) is 3. The van der Waals surface area contributed by atoms with Crippen molar-refractivity contribution in [2.45, 2.75) is 38.8 Å². The molecule has 2 aliphatic heterocycles. The minimum atomic E-state index is -4.71. The third-order valence-corrected chi connectivity index (χ3v) is 5.84. The Hall–Kier alpha value is -1.63. The number of thioether (sulfide) groups is 1. The summed E-state index contributed by atoms with van der Waals surface area (Å²) >= 11 is 1.23. The SMILES string of the molecule is CCC(=O)NCCSC1=C(C(=O)O)N2C(=O)[C@@H]([C@H](C)OS(=O)(=O)O)[C@H]2C1. The highest BCUT2D eigenvalue weighted by atomic mass is 32.3. The van der Waals surface area contributed by atoms with Crippen LogP contribution in [0.1, 0.15) is 26.7 Å². The zero-order valence-electron chi connectivity index (χ0n) is 14.2. The monoisotopic (exact) mass is 408 g/mol. The van der Waals surface area contributed by atoms with Gasteiger partial charge in [-0.05, 0) is 6.92 Å². The molecule has 2 aliphatic rings. The van der Waals surface area contributed by atoms with Crippen molar-refractivity contribution >= 4 is 39.9 Å². The number of carbonyl (C=O) groups excluding carboxylic acids is 2. The van der Waals surface area contributed by atoms with E-state index in [-0.39, 0.29) is 18.0 Å². The average molecular weight is 408 g/mol. The topological polar surface area (TPSA) is 150 Å². The Morgan fingerprint density at radius 2 is 2.12 bits per heavy atom. The van der Waals surface area contributed by atoms with Crippen LogP contribution < -0.4 is 5.32 Å². The van der Waals surface area contributed by atoms with Crippen molar-refractivity contribution in [3.05, 3.63) is 10.6 Å². The summed E-state index contributed by atoms with van der Waals surface area (Å²) in [6.07, 6.45) is -0.503. The van der Waals surface area contributed by atoms with Gasteiger partial charge in [0.25, 0.3) is 0 Å². The zero-order valence-corrected chi connectivity index (χ0v) is 15.8. The van der Waals surface area contributed by atoms with Crippen molar-refractivity contribution in [2.75, 3.05) is 12.3 Å². The Balaban J connectivity index is 2.04. The maximum atomic E-state index is 12.3. The second kappa shape index (κ2) is 7.94. The first-order valence-corrected chi connectivity index (χ1v) is 10.3. The van der Waals surface area contributed by atoms with Gasteiger partial charge in [0.2, 0.25) is 11.8 Å². The molecule has 0 aromatic carbocycles. The van der Waals surface area contributed by atoms with Crippen molar-refractivity contribution in [1.82, 2.24) is 10.2 Å². The van der Waals surface area contributed by atoms with Gasteiger partial charge in [-0.25, -0.2) is 8.98 Å². The van der Waals surface area contributed by atoms with E-state index < -0.39 is 40.3 Å². The fourth-order valence-electron chi connectivity index (χ4n) is 3.09. The van der Waals surface area contributed by atoms with Crippen LogP contribution in [-0.4, -0.2) is 65.2 Å². The van der Waals surface area contributed by atoms with Gasteiger partial charge < -0.3 is 15.3 Å². The van der Waals surface area contributed by atoms with Gasteiger partial charge in [-0.15, -0.1) is 11.8 Å². The van der Waals surface area contributed by atoms with E-state index in [0.717, 1.165) is 4.90 Å². The fraction of sp³-hybridized carbons (Fsp3) is 0.643. The fourth-order valence-corrected chi connectivity index (χ4v) is 4.65. The maximum Gasteiger partial charge on any atom is 0.397 e. The Morgan fingerprint density at radius 3 is 2.65 bits per heavy atom. The third kappa shape index (κ3) is 4.37. The molecule has 3 N–H and O–H groups in total. The number of nitrogens with zero attached hydrogens (tertiary/aromatic N) is 1. The molecular formula is C14H20N2O8S2. The van der Waals surface area contributed by atoms with Crippen molar-refractivity contribution in [3.63, 3.8) is 0 Å². The summed E-state index contributed by atoms with van der Waals surface area (Å²) < 4.78 is 34.9. The smallest absolute Gasteiger partial charge is 0.397 e. The lowest BCUT2D eigenvalue weighted by Gasteiger charge is -2.45. The number of amides is 2. The van der Waals surface area contributed by atoms with Crippen LogP contribution in [0.25, 0.3) is 0 Å². The average Bonchev–Trinajstić information content (AvgIpc) is 2.84. The molecule has 2 amide bonds. The van der Waals surface area contributed by atoms with E-state index in [4.69, 9.17) is 4.55 Å². The highest BCUT2D eigenvalue weighted by Gasteiger charge is 2.57. The molecule has 2 heterocycles. The number of carboxylic acids is 1. The predicted molar refractivity (Wildman–Crippen MR) is 91.3 cm³/mol. The molecule has 3 atom stereocenters. The molecule has 0 bridgehead atoms. The second-order valence-electron chi connectivity index (χ2n) is 5.86. The molecule has 0 spiro atoms. The number of fused-ring (bicyclic) bond motifs is 1. The van der Waals surface area contributed by atoms with Crippen LogP contribution in [-0.2, 0) is 29.0 Å². The van der Waals surface area contributed by atoms with Gasteiger partial charge in [-0.3, -0.25) is 14.1 Å². The summed E-state index contributed by atoms with van der Waals surface area (Å²) in [6, 6.07) is -0.530. The van der Waals surface area contributed by atoms with Gasteiger partial charge >= 0.3 is 16.4 Å². The van der Waals surface area contributed by atoms with Gasteiger partial charge in [-0.1, -0.05) is 6.92 Å². The van der Waals surface area contributed by atoms with Crippen LogP contribution in [0.15, 0.2) is 10.6 Å². The van der Waals surface area contributed by atoms with E-state index >= 15 is 0 Å². The Kier molecular flexibility index (Phi) is 6.32. The van der Waals surface area contributed by atoms with Crippen molar-refractivity contribution in [2.24, 2.45) is 5.92 Å². The molecule has 0 unspecified atom stereocenters. The zero-order chi connectivity index (χ0) is 19.6. The summed E-state index contributed by atoms with van der Waals surface area (Å²) in [6.45, 7) is 3.41. The van der Waals surface area contributed by atoms with E-state index in [2.05, 4.69) is 9.50 Å². The molecule has 10 nitrogen and oxygen atoms in total. The largest absolute Gasteiger partial charge is 0.477 e. The molecule has 2 rings (SSSR count). The number of β-lactam (4-membered cyclic amide) rings is 1. The standard InChI is InChI=1S/C14H20N2O8S2/c1-3-10(17)15-4-5-25-9-6-8-11(7(2)24-26(21,22)23)13(18)16(8)12(9)14(19)20/h7-8,11H,3-6H2,1-2H3,(H,15,17)(H,19,20)(H,21,22,23)/t7-,8+,11-/m0/s1. The van der Waals surface area contributed by atoms with Crippen molar-refractivity contribution < 1.29 is 36.6 Å². The third-order valence-electron chi connectivity index (χ3n) is 4.17. The summed E-state index contributed by atoms with van der Waals surface area (Å²) in [5.41, 5.74) is -0.123. The lowest BCUT2D eigenvalue weighted by molar-refractivity contribution is -0.160. The molecule has 146 valence electrons. The molecule has 0 radical (unpaired) electrons. The second-order valence-corrected chi connectivity index (χ2v) is 8.10. The van der Waals surface area contributed by atoms with Crippen LogP contribution in [0.3, 0.4) is 0 Å². The number of hydrogen-bond acceptors (Lipinski definition) is 7.